The third-order valence-corrected chi connectivity index (χ3v) is 8.97. The summed E-state index contributed by atoms with van der Waals surface area (Å²) < 4.78 is 1.27. The summed E-state index contributed by atoms with van der Waals surface area (Å²) in [6.07, 6.45) is 7.51. The van der Waals surface area contributed by atoms with Gasteiger partial charge in [-0.1, -0.05) is 55.2 Å². The van der Waals surface area contributed by atoms with Crippen molar-refractivity contribution in [2.24, 2.45) is 0 Å². The van der Waals surface area contributed by atoms with Crippen LogP contribution in [0.25, 0.3) is 0 Å². The Morgan fingerprint density at radius 1 is 0.950 bits per heavy atom. The van der Waals surface area contributed by atoms with Gasteiger partial charge in [0, 0.05) is 62.6 Å². The number of rotatable bonds is 6. The Hall–Kier alpha value is -3.65. The van der Waals surface area contributed by atoms with E-state index in [-0.39, 0.29) is 17.6 Å². The quantitative estimate of drug-likeness (QED) is 0.480. The third-order valence-electron chi connectivity index (χ3n) is 8.97. The molecule has 210 valence electrons. The number of nitrogens with two attached hydrogens (primary N) is 1. The lowest BCUT2D eigenvalue weighted by molar-refractivity contribution is 0.0840. The van der Waals surface area contributed by atoms with Gasteiger partial charge in [-0.15, -0.1) is 5.10 Å². The van der Waals surface area contributed by atoms with Crippen molar-refractivity contribution in [2.45, 2.75) is 57.8 Å². The molecule has 1 aliphatic carbocycles. The molecule has 0 unspecified atom stereocenters. The fourth-order valence-corrected chi connectivity index (χ4v) is 6.64. The molecule has 0 radical (unpaired) electrons. The molecule has 8 heteroatoms. The molecule has 1 saturated carbocycles. The van der Waals surface area contributed by atoms with Gasteiger partial charge in [-0.2, -0.15) is 4.68 Å². The molecule has 0 spiro atoms. The van der Waals surface area contributed by atoms with Crippen molar-refractivity contribution >= 4 is 29.0 Å². The monoisotopic (exact) mass is 540 g/mol. The van der Waals surface area contributed by atoms with E-state index in [1.807, 2.05) is 31.2 Å². The first-order valence-electron chi connectivity index (χ1n) is 14.8. The first-order valence-corrected chi connectivity index (χ1v) is 14.8. The third kappa shape index (κ3) is 5.24. The van der Waals surface area contributed by atoms with Crippen LogP contribution in [0, 0.1) is 6.92 Å². The smallest absolute Gasteiger partial charge is 0.277 e. The van der Waals surface area contributed by atoms with Crippen LogP contribution in [0.15, 0.2) is 48.5 Å². The molecule has 0 bridgehead atoms. The summed E-state index contributed by atoms with van der Waals surface area (Å²) in [5, 5.41) is 4.33. The summed E-state index contributed by atoms with van der Waals surface area (Å²) in [7, 11) is 0. The lowest BCUT2D eigenvalue weighted by Crippen LogP contribution is -2.47. The molecule has 1 saturated heterocycles. The van der Waals surface area contributed by atoms with Crippen molar-refractivity contribution in [1.29, 1.82) is 0 Å². The van der Waals surface area contributed by atoms with E-state index in [1.54, 1.807) is 4.90 Å². The van der Waals surface area contributed by atoms with E-state index >= 15 is 0 Å². The van der Waals surface area contributed by atoms with Gasteiger partial charge in [-0.05, 0) is 55.9 Å². The highest BCUT2D eigenvalue weighted by Crippen LogP contribution is 2.38. The second-order valence-electron chi connectivity index (χ2n) is 11.5. The predicted molar refractivity (Wildman–Crippen MR) is 159 cm³/mol. The minimum Gasteiger partial charge on any atom is -0.382 e. The number of fused-ring (bicyclic) bond motifs is 1. The largest absolute Gasteiger partial charge is 0.382 e. The Kier molecular flexibility index (Phi) is 7.61. The molecule has 1 aromatic heterocycles. The number of piperazine rings is 1. The summed E-state index contributed by atoms with van der Waals surface area (Å²) >= 11 is 0. The van der Waals surface area contributed by atoms with Crippen molar-refractivity contribution in [3.8, 4) is 0 Å². The van der Waals surface area contributed by atoms with Crippen LogP contribution in [-0.2, 0) is 6.42 Å². The number of carbonyl (C=O) groups is 2. The van der Waals surface area contributed by atoms with E-state index in [1.165, 1.54) is 48.0 Å². The van der Waals surface area contributed by atoms with Gasteiger partial charge in [0.2, 0.25) is 5.91 Å². The van der Waals surface area contributed by atoms with E-state index < -0.39 is 0 Å². The molecule has 3 heterocycles. The Morgan fingerprint density at radius 2 is 1.68 bits per heavy atom. The van der Waals surface area contributed by atoms with E-state index in [9.17, 15) is 9.59 Å². The maximum atomic E-state index is 13.5. The maximum absolute atomic E-state index is 13.5. The van der Waals surface area contributed by atoms with Crippen LogP contribution >= 0.6 is 0 Å². The second-order valence-corrected chi connectivity index (χ2v) is 11.5. The zero-order valence-corrected chi connectivity index (χ0v) is 23.5. The lowest BCUT2D eigenvalue weighted by Gasteiger charge is -2.38. The van der Waals surface area contributed by atoms with Crippen molar-refractivity contribution in [3.05, 3.63) is 70.9 Å². The molecule has 3 aliphatic rings. The fraction of sp³-hybridized carbons (Fsp3) is 0.469. The molecule has 2 N–H and O–H groups in total. The summed E-state index contributed by atoms with van der Waals surface area (Å²) in [5.41, 5.74) is 12.0. The van der Waals surface area contributed by atoms with Crippen molar-refractivity contribution in [1.82, 2.24) is 14.7 Å². The Morgan fingerprint density at radius 3 is 2.42 bits per heavy atom. The Balaban J connectivity index is 1.08. The fourth-order valence-electron chi connectivity index (χ4n) is 6.64. The van der Waals surface area contributed by atoms with Crippen LogP contribution < -0.4 is 15.5 Å². The molecular formula is C32H40N6O2. The topological polar surface area (TPSA) is 87.7 Å². The van der Waals surface area contributed by atoms with Crippen molar-refractivity contribution in [2.75, 3.05) is 54.8 Å². The molecule has 6 rings (SSSR count). The Bertz CT molecular complexity index is 1370. The molecule has 40 heavy (non-hydrogen) atoms. The van der Waals surface area contributed by atoms with Gasteiger partial charge in [0.1, 0.15) is 11.5 Å². The van der Waals surface area contributed by atoms with Gasteiger partial charge in [0.05, 0.1) is 0 Å². The van der Waals surface area contributed by atoms with E-state index in [0.29, 0.717) is 43.1 Å². The number of nitrogen functional groups attached to an aromatic ring is 1. The van der Waals surface area contributed by atoms with Gasteiger partial charge in [0.25, 0.3) is 5.91 Å². The van der Waals surface area contributed by atoms with Crippen LogP contribution in [0.2, 0.25) is 0 Å². The number of nitrogens with zero attached hydrogens (tertiary/aromatic N) is 5. The normalized spacial score (nSPS) is 18.7. The molecule has 3 aromatic rings. The first kappa shape index (κ1) is 26.6. The number of aromatic nitrogens is 2. The van der Waals surface area contributed by atoms with Gasteiger partial charge in [-0.25, -0.2) is 0 Å². The number of aryl methyl sites for hydroxylation is 1. The zero-order chi connectivity index (χ0) is 27.6. The van der Waals surface area contributed by atoms with E-state index in [2.05, 4.69) is 39.2 Å². The average molecular weight is 541 g/mol. The summed E-state index contributed by atoms with van der Waals surface area (Å²) in [5.74, 6) is 0.563. The van der Waals surface area contributed by atoms with Crippen LogP contribution in [-0.4, -0.2) is 65.8 Å². The molecule has 2 aromatic carbocycles. The summed E-state index contributed by atoms with van der Waals surface area (Å²) in [6.45, 7) is 6.90. The highest BCUT2D eigenvalue weighted by molar-refractivity contribution is 6.09. The van der Waals surface area contributed by atoms with Crippen LogP contribution in [0.3, 0.4) is 0 Å². The zero-order valence-electron chi connectivity index (χ0n) is 23.5. The van der Waals surface area contributed by atoms with Crippen LogP contribution in [0.5, 0.6) is 0 Å². The standard InChI is InChI=1S/C32H40N6O2/c1-23-11-13-25(14-12-23)37-18-15-27-30(32(37)40)38(34-31(27)33)29(39)16-17-35-19-21-36(22-20-35)28-10-6-5-9-26(28)24-7-3-2-4-8-24/h5-6,9-14,24H,2-4,7-8,15-22H2,1H3,(H2,33,34). The minimum absolute atomic E-state index is 0.183. The van der Waals surface area contributed by atoms with E-state index in [4.69, 9.17) is 5.73 Å². The highest BCUT2D eigenvalue weighted by Gasteiger charge is 2.34. The number of hydrogen-bond acceptors (Lipinski definition) is 6. The lowest BCUT2D eigenvalue weighted by atomic mass is 9.83. The predicted octanol–water partition coefficient (Wildman–Crippen LogP) is 4.88. The first-order chi connectivity index (χ1) is 19.5. The van der Waals surface area contributed by atoms with Gasteiger partial charge in [0.15, 0.2) is 0 Å². The maximum Gasteiger partial charge on any atom is 0.277 e. The number of anilines is 3. The molecule has 1 amide bonds. The molecular weight excluding hydrogens is 500 g/mol. The van der Waals surface area contributed by atoms with Gasteiger partial charge < -0.3 is 15.5 Å². The molecule has 0 atom stereocenters. The summed E-state index contributed by atoms with van der Waals surface area (Å²) in [4.78, 5) is 33.4. The average Bonchev–Trinajstić information content (AvgIpc) is 3.34. The Labute approximate surface area is 236 Å². The number of benzene rings is 2. The highest BCUT2D eigenvalue weighted by atomic mass is 16.2. The molecule has 8 nitrogen and oxygen atoms in total. The number of amides is 1. The number of carbonyl (C=O) groups excluding carboxylic acids is 2. The SMILES string of the molecule is Cc1ccc(N2CCc3c(N)nn(C(=O)CCN4CCN(c5ccccc5C5CCCCC5)CC4)c3C2=O)cc1. The van der Waals surface area contributed by atoms with Crippen LogP contribution in [0.1, 0.15) is 76.4 Å². The second kappa shape index (κ2) is 11.5. The van der Waals surface area contributed by atoms with Crippen molar-refractivity contribution in [3.63, 3.8) is 0 Å². The summed E-state index contributed by atoms with van der Waals surface area (Å²) in [6, 6.07) is 16.8. The minimum atomic E-state index is -0.215. The molecule has 2 aliphatic heterocycles. The van der Waals surface area contributed by atoms with E-state index in [0.717, 1.165) is 37.4 Å². The number of hydrogen-bond donors (Lipinski definition) is 1. The number of para-hydroxylation sites is 1. The van der Waals surface area contributed by atoms with Crippen molar-refractivity contribution < 1.29 is 9.59 Å². The van der Waals surface area contributed by atoms with Gasteiger partial charge in [-0.3, -0.25) is 14.5 Å². The van der Waals surface area contributed by atoms with Crippen LogP contribution in [0.4, 0.5) is 17.2 Å². The molecule has 2 fully saturated rings. The van der Waals surface area contributed by atoms with Gasteiger partial charge >= 0.3 is 0 Å².